The summed E-state index contributed by atoms with van der Waals surface area (Å²) in [6.45, 7) is 6.51. The maximum atomic E-state index is 5.69. The van der Waals surface area contributed by atoms with E-state index in [-0.39, 0.29) is 0 Å². The van der Waals surface area contributed by atoms with E-state index in [4.69, 9.17) is 4.74 Å². The molecule has 1 aromatic rings. The van der Waals surface area contributed by atoms with Gasteiger partial charge in [0.05, 0.1) is 16.8 Å². The fraction of sp³-hybridized carbons (Fsp3) is 0.786. The maximum Gasteiger partial charge on any atom is 0.0897 e. The Bertz CT molecular complexity index is 436. The van der Waals surface area contributed by atoms with Crippen LogP contribution in [-0.4, -0.2) is 60.7 Å². The first kappa shape index (κ1) is 13.5. The highest BCUT2D eigenvalue weighted by molar-refractivity contribution is 7.09. The van der Waals surface area contributed by atoms with Crippen molar-refractivity contribution in [2.24, 2.45) is 5.92 Å². The fourth-order valence-corrected chi connectivity index (χ4v) is 4.17. The number of nitrogens with zero attached hydrogens (tertiary/aromatic N) is 3. The van der Waals surface area contributed by atoms with Gasteiger partial charge in [0.1, 0.15) is 0 Å². The van der Waals surface area contributed by atoms with Crippen LogP contribution in [0.4, 0.5) is 0 Å². The number of piperidine rings is 1. The molecule has 3 heterocycles. The minimum Gasteiger partial charge on any atom is -0.381 e. The van der Waals surface area contributed by atoms with Crippen LogP contribution in [0.5, 0.6) is 0 Å². The molecule has 2 fully saturated rings. The van der Waals surface area contributed by atoms with E-state index in [9.17, 15) is 0 Å². The van der Waals surface area contributed by atoms with Gasteiger partial charge in [0.15, 0.2) is 0 Å². The second-order valence-corrected chi connectivity index (χ2v) is 6.89. The summed E-state index contributed by atoms with van der Waals surface area (Å²) in [5.41, 5.74) is 1.22. The summed E-state index contributed by atoms with van der Waals surface area (Å²) in [5, 5.41) is 3.35. The third kappa shape index (κ3) is 2.70. The quantitative estimate of drug-likeness (QED) is 0.841. The monoisotopic (exact) mass is 281 g/mol. The van der Waals surface area contributed by atoms with Gasteiger partial charge < -0.3 is 9.64 Å². The van der Waals surface area contributed by atoms with Crippen LogP contribution < -0.4 is 0 Å². The number of hydrogen-bond acceptors (Lipinski definition) is 5. The van der Waals surface area contributed by atoms with E-state index in [1.165, 1.54) is 10.7 Å². The first-order valence-electron chi connectivity index (χ1n) is 7.03. The van der Waals surface area contributed by atoms with Crippen molar-refractivity contribution in [2.45, 2.75) is 32.0 Å². The molecule has 0 saturated carbocycles. The zero-order valence-corrected chi connectivity index (χ0v) is 12.8. The minimum absolute atomic E-state index is 0.434. The molecule has 0 bridgehead atoms. The summed E-state index contributed by atoms with van der Waals surface area (Å²) in [7, 11) is 4.11. The van der Waals surface area contributed by atoms with Gasteiger partial charge in [-0.15, -0.1) is 11.3 Å². The van der Waals surface area contributed by atoms with E-state index in [1.54, 1.807) is 11.3 Å². The Hall–Kier alpha value is -0.490. The number of hydrogen-bond donors (Lipinski definition) is 0. The number of likely N-dealkylation sites (tertiary alicyclic amines) is 2. The Morgan fingerprint density at radius 2 is 2.32 bits per heavy atom. The number of aromatic nitrogens is 1. The number of thiazole rings is 1. The van der Waals surface area contributed by atoms with Crippen LogP contribution >= 0.6 is 11.3 Å². The van der Waals surface area contributed by atoms with Gasteiger partial charge in [-0.3, -0.25) is 4.90 Å². The van der Waals surface area contributed by atoms with Crippen molar-refractivity contribution in [3.8, 4) is 0 Å². The molecule has 3 atom stereocenters. The van der Waals surface area contributed by atoms with Gasteiger partial charge in [0, 0.05) is 50.6 Å². The number of methoxy groups -OCH3 is 1. The van der Waals surface area contributed by atoms with Crippen molar-refractivity contribution < 1.29 is 4.74 Å². The summed E-state index contributed by atoms with van der Waals surface area (Å²) < 4.78 is 5.69. The van der Waals surface area contributed by atoms with Crippen LogP contribution in [0.3, 0.4) is 0 Å². The van der Waals surface area contributed by atoms with Gasteiger partial charge in [-0.2, -0.15) is 0 Å². The van der Waals surface area contributed by atoms with Crippen LogP contribution in [0.25, 0.3) is 0 Å². The highest BCUT2D eigenvalue weighted by atomic mass is 32.1. The Kier molecular flexibility index (Phi) is 3.89. The van der Waals surface area contributed by atoms with Crippen LogP contribution in [0.1, 0.15) is 17.1 Å². The molecule has 1 aromatic heterocycles. The summed E-state index contributed by atoms with van der Waals surface area (Å²) in [6, 6.07) is 0.651. The molecular formula is C14H23N3OS. The van der Waals surface area contributed by atoms with E-state index in [0.29, 0.717) is 18.1 Å². The molecule has 0 spiro atoms. The second kappa shape index (κ2) is 5.48. The SMILES string of the molecule is CO[C@H]1CCN(C)[C@@H]2CN(Cc3csc(C)n3)C[C@H]12. The third-order valence-corrected chi connectivity index (χ3v) is 5.40. The molecule has 4 nitrogen and oxygen atoms in total. The zero-order valence-electron chi connectivity index (χ0n) is 12.0. The van der Waals surface area contributed by atoms with E-state index in [0.717, 1.165) is 32.6 Å². The number of fused-ring (bicyclic) bond motifs is 1. The van der Waals surface area contributed by atoms with Gasteiger partial charge in [-0.05, 0) is 20.4 Å². The van der Waals surface area contributed by atoms with Crippen LogP contribution in [0, 0.1) is 12.8 Å². The maximum absolute atomic E-state index is 5.69. The van der Waals surface area contributed by atoms with Gasteiger partial charge >= 0.3 is 0 Å². The average molecular weight is 281 g/mol. The molecule has 0 aromatic carbocycles. The Labute approximate surface area is 119 Å². The molecule has 19 heavy (non-hydrogen) atoms. The summed E-state index contributed by atoms with van der Waals surface area (Å²) in [6.07, 6.45) is 1.60. The summed E-state index contributed by atoms with van der Waals surface area (Å²) in [4.78, 5) is 9.63. The van der Waals surface area contributed by atoms with Crippen molar-refractivity contribution in [3.05, 3.63) is 16.1 Å². The smallest absolute Gasteiger partial charge is 0.0897 e. The lowest BCUT2D eigenvalue weighted by molar-refractivity contribution is -0.0133. The van der Waals surface area contributed by atoms with Crippen LogP contribution in [0.15, 0.2) is 5.38 Å². The molecule has 3 rings (SSSR count). The normalized spacial score (nSPS) is 32.7. The van der Waals surface area contributed by atoms with Crippen molar-refractivity contribution in [2.75, 3.05) is 33.8 Å². The summed E-state index contributed by atoms with van der Waals surface area (Å²) in [5.74, 6) is 0.656. The molecule has 0 unspecified atom stereocenters. The van der Waals surface area contributed by atoms with Crippen LogP contribution in [0.2, 0.25) is 0 Å². The Morgan fingerprint density at radius 1 is 1.47 bits per heavy atom. The molecule has 2 aliphatic rings. The van der Waals surface area contributed by atoms with Crippen molar-refractivity contribution in [3.63, 3.8) is 0 Å². The first-order chi connectivity index (χ1) is 9.17. The lowest BCUT2D eigenvalue weighted by atomic mass is 9.89. The number of aryl methyl sites for hydroxylation is 1. The highest BCUT2D eigenvalue weighted by Gasteiger charge is 2.43. The van der Waals surface area contributed by atoms with Crippen molar-refractivity contribution >= 4 is 11.3 Å². The van der Waals surface area contributed by atoms with E-state index in [2.05, 4.69) is 34.1 Å². The lowest BCUT2D eigenvalue weighted by Gasteiger charge is -2.38. The topological polar surface area (TPSA) is 28.6 Å². The molecule has 5 heteroatoms. The zero-order chi connectivity index (χ0) is 13.4. The predicted octanol–water partition coefficient (Wildman–Crippen LogP) is 1.60. The largest absolute Gasteiger partial charge is 0.381 e. The molecule has 2 saturated heterocycles. The van der Waals surface area contributed by atoms with Crippen molar-refractivity contribution in [1.29, 1.82) is 0 Å². The molecule has 106 valence electrons. The lowest BCUT2D eigenvalue weighted by Crippen LogP contribution is -2.49. The fourth-order valence-electron chi connectivity index (χ4n) is 3.57. The standard InChI is InChI=1S/C14H23N3OS/c1-10-15-11(9-19-10)6-17-7-12-13(8-17)16(2)5-4-14(12)18-3/h9,12-14H,4-8H2,1-3H3/t12-,13+,14-/m0/s1. The molecule has 0 radical (unpaired) electrons. The van der Waals surface area contributed by atoms with E-state index < -0.39 is 0 Å². The molecule has 0 N–H and O–H groups in total. The molecule has 0 aliphatic carbocycles. The summed E-state index contributed by atoms with van der Waals surface area (Å²) >= 11 is 1.75. The van der Waals surface area contributed by atoms with Gasteiger partial charge in [0.2, 0.25) is 0 Å². The minimum atomic E-state index is 0.434. The first-order valence-corrected chi connectivity index (χ1v) is 7.91. The third-order valence-electron chi connectivity index (χ3n) is 4.57. The van der Waals surface area contributed by atoms with E-state index in [1.807, 2.05) is 7.11 Å². The van der Waals surface area contributed by atoms with Crippen molar-refractivity contribution in [1.82, 2.24) is 14.8 Å². The van der Waals surface area contributed by atoms with Gasteiger partial charge in [0.25, 0.3) is 0 Å². The molecule has 0 amide bonds. The predicted molar refractivity (Wildman–Crippen MR) is 77.5 cm³/mol. The second-order valence-electron chi connectivity index (χ2n) is 5.83. The van der Waals surface area contributed by atoms with E-state index >= 15 is 0 Å². The number of rotatable bonds is 3. The number of likely N-dealkylation sites (N-methyl/N-ethyl adjacent to an activating group) is 1. The van der Waals surface area contributed by atoms with Gasteiger partial charge in [-0.25, -0.2) is 4.98 Å². The average Bonchev–Trinajstić information content (AvgIpc) is 2.97. The van der Waals surface area contributed by atoms with Gasteiger partial charge in [-0.1, -0.05) is 0 Å². The van der Waals surface area contributed by atoms with Crippen LogP contribution in [-0.2, 0) is 11.3 Å². The molecule has 2 aliphatic heterocycles. The Morgan fingerprint density at radius 3 is 3.00 bits per heavy atom. The number of ether oxygens (including phenoxy) is 1. The Balaban J connectivity index is 1.67. The highest BCUT2D eigenvalue weighted by Crippen LogP contribution is 2.32. The molecular weight excluding hydrogens is 258 g/mol.